The highest BCUT2D eigenvalue weighted by Crippen LogP contribution is 2.41. The number of hydrogen-bond donors (Lipinski definition) is 3. The number of benzene rings is 1. The molecular weight excluding hydrogens is 354 g/mol. The molecule has 4 rings (SSSR count). The first kappa shape index (κ1) is 18.8. The van der Waals surface area contributed by atoms with Gasteiger partial charge in [0.25, 0.3) is 5.91 Å². The summed E-state index contributed by atoms with van der Waals surface area (Å²) in [4.78, 5) is 25.2. The zero-order chi connectivity index (χ0) is 19.7. The van der Waals surface area contributed by atoms with Gasteiger partial charge in [-0.1, -0.05) is 50.7 Å². The van der Waals surface area contributed by atoms with E-state index in [0.29, 0.717) is 16.8 Å². The van der Waals surface area contributed by atoms with Crippen LogP contribution >= 0.6 is 0 Å². The molecule has 2 fully saturated rings. The van der Waals surface area contributed by atoms with Crippen molar-refractivity contribution in [2.24, 2.45) is 5.73 Å². The van der Waals surface area contributed by atoms with Crippen LogP contribution in [0.15, 0.2) is 18.2 Å². The standard InChI is InChI=1S/C22H29N3O3/c23-22(28)25-17-13-7-12-16(14-8-3-1-4-9-14)18(17)19(21(25)27)20(26)24-15-10-5-2-6-11-15/h7,12-15,27H,1-6,8-11H2,(H2,23,28)(H,24,26). The van der Waals surface area contributed by atoms with Gasteiger partial charge in [0, 0.05) is 11.4 Å². The van der Waals surface area contributed by atoms with Crippen LogP contribution in [-0.2, 0) is 0 Å². The van der Waals surface area contributed by atoms with Crippen molar-refractivity contribution in [2.75, 3.05) is 0 Å². The lowest BCUT2D eigenvalue weighted by molar-refractivity contribution is 0.0926. The van der Waals surface area contributed by atoms with Crippen LogP contribution in [0, 0.1) is 0 Å². The average molecular weight is 383 g/mol. The normalized spacial score (nSPS) is 19.0. The lowest BCUT2D eigenvalue weighted by atomic mass is 9.82. The zero-order valence-corrected chi connectivity index (χ0v) is 16.2. The summed E-state index contributed by atoms with van der Waals surface area (Å²) in [6.07, 6.45) is 11.0. The van der Waals surface area contributed by atoms with Crippen molar-refractivity contribution >= 4 is 22.8 Å². The van der Waals surface area contributed by atoms with Crippen LogP contribution in [0.25, 0.3) is 10.9 Å². The molecule has 0 radical (unpaired) electrons. The van der Waals surface area contributed by atoms with Gasteiger partial charge in [-0.2, -0.15) is 0 Å². The number of nitrogens with zero attached hydrogens (tertiary/aromatic N) is 1. The Kier molecular flexibility index (Phi) is 5.29. The number of carbonyl (C=O) groups excluding carboxylic acids is 2. The molecule has 0 spiro atoms. The molecule has 2 aliphatic carbocycles. The molecule has 0 unspecified atom stereocenters. The third-order valence-corrected chi connectivity index (χ3v) is 6.43. The molecule has 150 valence electrons. The first-order chi connectivity index (χ1) is 13.6. The Morgan fingerprint density at radius 2 is 1.64 bits per heavy atom. The lowest BCUT2D eigenvalue weighted by Gasteiger charge is -2.24. The number of aromatic hydroxyl groups is 1. The Morgan fingerprint density at radius 1 is 1.00 bits per heavy atom. The second kappa shape index (κ2) is 7.86. The minimum atomic E-state index is -0.778. The van der Waals surface area contributed by atoms with E-state index in [1.807, 2.05) is 12.1 Å². The fourth-order valence-electron chi connectivity index (χ4n) is 5.05. The van der Waals surface area contributed by atoms with Crippen molar-refractivity contribution in [2.45, 2.75) is 76.2 Å². The van der Waals surface area contributed by atoms with Gasteiger partial charge >= 0.3 is 6.03 Å². The van der Waals surface area contributed by atoms with Gasteiger partial charge in [-0.3, -0.25) is 4.79 Å². The summed E-state index contributed by atoms with van der Waals surface area (Å²) in [6, 6.07) is 5.01. The summed E-state index contributed by atoms with van der Waals surface area (Å²) >= 11 is 0. The summed E-state index contributed by atoms with van der Waals surface area (Å²) in [5.41, 5.74) is 7.29. The fourth-order valence-corrected chi connectivity index (χ4v) is 5.05. The molecule has 1 aromatic carbocycles. The lowest BCUT2D eigenvalue weighted by Crippen LogP contribution is -2.36. The van der Waals surface area contributed by atoms with E-state index in [-0.39, 0.29) is 23.4 Å². The maximum absolute atomic E-state index is 13.2. The molecule has 2 aromatic rings. The predicted molar refractivity (Wildman–Crippen MR) is 109 cm³/mol. The van der Waals surface area contributed by atoms with E-state index < -0.39 is 6.03 Å². The average Bonchev–Trinajstić information content (AvgIpc) is 3.01. The molecule has 2 saturated carbocycles. The van der Waals surface area contributed by atoms with Gasteiger partial charge in [-0.05, 0) is 43.2 Å². The van der Waals surface area contributed by atoms with Gasteiger partial charge in [0.1, 0.15) is 5.56 Å². The van der Waals surface area contributed by atoms with Gasteiger partial charge in [-0.15, -0.1) is 0 Å². The van der Waals surface area contributed by atoms with Crippen LogP contribution in [0.2, 0.25) is 0 Å². The topological polar surface area (TPSA) is 97.3 Å². The molecule has 1 heterocycles. The summed E-state index contributed by atoms with van der Waals surface area (Å²) in [7, 11) is 0. The number of aromatic nitrogens is 1. The minimum Gasteiger partial charge on any atom is -0.494 e. The van der Waals surface area contributed by atoms with Gasteiger partial charge in [0.2, 0.25) is 5.88 Å². The van der Waals surface area contributed by atoms with E-state index in [9.17, 15) is 14.7 Å². The van der Waals surface area contributed by atoms with Crippen molar-refractivity contribution in [1.29, 1.82) is 0 Å². The van der Waals surface area contributed by atoms with Crippen molar-refractivity contribution in [3.8, 4) is 5.88 Å². The van der Waals surface area contributed by atoms with Crippen molar-refractivity contribution < 1.29 is 14.7 Å². The molecule has 6 nitrogen and oxygen atoms in total. The molecule has 0 saturated heterocycles. The second-order valence-electron chi connectivity index (χ2n) is 8.26. The van der Waals surface area contributed by atoms with Gasteiger partial charge in [0.15, 0.2) is 0 Å². The van der Waals surface area contributed by atoms with Crippen molar-refractivity contribution in [3.63, 3.8) is 0 Å². The smallest absolute Gasteiger partial charge is 0.326 e. The van der Waals surface area contributed by atoms with Gasteiger partial charge in [0.05, 0.1) is 5.52 Å². The van der Waals surface area contributed by atoms with E-state index in [1.54, 1.807) is 6.07 Å². The number of amides is 2. The van der Waals surface area contributed by atoms with Crippen LogP contribution in [-0.4, -0.2) is 27.7 Å². The predicted octanol–water partition coefficient (Wildman–Crippen LogP) is 4.38. The van der Waals surface area contributed by atoms with Gasteiger partial charge in [-0.25, -0.2) is 9.36 Å². The number of fused-ring (bicyclic) bond motifs is 1. The van der Waals surface area contributed by atoms with Crippen molar-refractivity contribution in [1.82, 2.24) is 9.88 Å². The highest BCUT2D eigenvalue weighted by atomic mass is 16.3. The number of nitrogens with two attached hydrogens (primary N) is 1. The number of carbonyl (C=O) groups is 2. The van der Waals surface area contributed by atoms with Gasteiger partial charge < -0.3 is 16.2 Å². The number of nitrogens with one attached hydrogen (secondary N) is 1. The molecule has 4 N–H and O–H groups in total. The molecule has 1 aromatic heterocycles. The largest absolute Gasteiger partial charge is 0.494 e. The molecule has 0 atom stereocenters. The molecule has 2 amide bonds. The third kappa shape index (κ3) is 3.36. The van der Waals surface area contributed by atoms with E-state index in [1.165, 1.54) is 12.8 Å². The Morgan fingerprint density at radius 3 is 2.29 bits per heavy atom. The summed E-state index contributed by atoms with van der Waals surface area (Å²) < 4.78 is 1.07. The Labute approximate surface area is 165 Å². The van der Waals surface area contributed by atoms with Crippen LogP contribution in [0.5, 0.6) is 5.88 Å². The molecule has 28 heavy (non-hydrogen) atoms. The number of hydrogen-bond acceptors (Lipinski definition) is 3. The highest BCUT2D eigenvalue weighted by Gasteiger charge is 2.30. The van der Waals surface area contributed by atoms with Crippen LogP contribution in [0.3, 0.4) is 0 Å². The van der Waals surface area contributed by atoms with Crippen LogP contribution in [0.4, 0.5) is 4.79 Å². The zero-order valence-electron chi connectivity index (χ0n) is 16.2. The van der Waals surface area contributed by atoms with E-state index in [0.717, 1.165) is 61.5 Å². The SMILES string of the molecule is NC(=O)n1c(O)c(C(=O)NC2CCCCC2)c2c(C3CCCCC3)cccc21. The molecular formula is C22H29N3O3. The van der Waals surface area contributed by atoms with Crippen molar-refractivity contribution in [3.05, 3.63) is 29.3 Å². The first-order valence-electron chi connectivity index (χ1n) is 10.5. The Hall–Kier alpha value is -2.50. The molecule has 6 heteroatoms. The monoisotopic (exact) mass is 383 g/mol. The maximum Gasteiger partial charge on any atom is 0.326 e. The summed E-state index contributed by atoms with van der Waals surface area (Å²) in [5, 5.41) is 14.6. The van der Waals surface area contributed by atoms with Crippen LogP contribution in [0.1, 0.15) is 86.0 Å². The minimum absolute atomic E-state index is 0.120. The third-order valence-electron chi connectivity index (χ3n) is 6.43. The summed E-state index contributed by atoms with van der Waals surface area (Å²) in [5.74, 6) is -0.321. The molecule has 0 bridgehead atoms. The first-order valence-corrected chi connectivity index (χ1v) is 10.5. The highest BCUT2D eigenvalue weighted by molar-refractivity contribution is 6.13. The van der Waals surface area contributed by atoms with Crippen LogP contribution < -0.4 is 11.1 Å². The van der Waals surface area contributed by atoms with E-state index >= 15 is 0 Å². The molecule has 0 aliphatic heterocycles. The maximum atomic E-state index is 13.2. The fraction of sp³-hybridized carbons (Fsp3) is 0.545. The quantitative estimate of drug-likeness (QED) is 0.733. The summed E-state index contributed by atoms with van der Waals surface area (Å²) in [6.45, 7) is 0. The molecule has 2 aliphatic rings. The number of primary amides is 1. The second-order valence-corrected chi connectivity index (χ2v) is 8.26. The Balaban J connectivity index is 1.82. The number of rotatable bonds is 3. The van der Waals surface area contributed by atoms with E-state index in [4.69, 9.17) is 5.73 Å². The Bertz CT molecular complexity index is 890. The van der Waals surface area contributed by atoms with E-state index in [2.05, 4.69) is 5.32 Å².